The number of hydrogen-bond donors (Lipinski definition) is 2. The monoisotopic (exact) mass is 398 g/mol. The molecule has 5 rings (SSSR count). The van der Waals surface area contributed by atoms with E-state index >= 15 is 0 Å². The molecule has 30 heavy (non-hydrogen) atoms. The number of aromatic hydroxyl groups is 2. The number of carbonyl (C=O) groups is 2. The zero-order chi connectivity index (χ0) is 20.8. The highest BCUT2D eigenvalue weighted by Gasteiger charge is 2.42. The number of hydrogen-bond acceptors (Lipinski definition) is 7. The molecule has 1 aliphatic rings. The zero-order valence-electron chi connectivity index (χ0n) is 15.5. The molecule has 0 bridgehead atoms. The third kappa shape index (κ3) is 2.58. The van der Waals surface area contributed by atoms with Gasteiger partial charge in [-0.2, -0.15) is 0 Å². The van der Waals surface area contributed by atoms with Gasteiger partial charge in [-0.25, -0.2) is 9.97 Å². The molecule has 0 aliphatic carbocycles. The fourth-order valence-electron chi connectivity index (χ4n) is 3.65. The summed E-state index contributed by atoms with van der Waals surface area (Å²) in [6.07, 6.45) is 6.06. The summed E-state index contributed by atoms with van der Waals surface area (Å²) in [4.78, 5) is 39.0. The van der Waals surface area contributed by atoms with Gasteiger partial charge in [-0.05, 0) is 28.8 Å². The van der Waals surface area contributed by atoms with Gasteiger partial charge in [-0.15, -0.1) is 0 Å². The lowest BCUT2D eigenvalue weighted by atomic mass is 10.0. The summed E-state index contributed by atoms with van der Waals surface area (Å²) in [5.41, 5.74) is 1.93. The number of rotatable bonds is 3. The van der Waals surface area contributed by atoms with Crippen LogP contribution in [0.1, 0.15) is 26.3 Å². The molecule has 2 aromatic carbocycles. The summed E-state index contributed by atoms with van der Waals surface area (Å²) < 4.78 is 0. The van der Waals surface area contributed by atoms with Crippen LogP contribution in [0.25, 0.3) is 22.2 Å². The molecule has 2 amide bonds. The van der Waals surface area contributed by atoms with E-state index in [0.29, 0.717) is 5.56 Å². The van der Waals surface area contributed by atoms with Crippen molar-refractivity contribution in [3.63, 3.8) is 0 Å². The van der Waals surface area contributed by atoms with E-state index in [2.05, 4.69) is 15.0 Å². The SMILES string of the molecule is O=C1c2c(c(O)c3nccnc3c2O)C(=O)N1Cc1cccc(-c2cccnc2)c1. The Morgan fingerprint density at radius 1 is 0.800 bits per heavy atom. The highest BCUT2D eigenvalue weighted by atomic mass is 16.3. The molecule has 2 N–H and O–H groups in total. The molecule has 8 heteroatoms. The molecule has 0 spiro atoms. The van der Waals surface area contributed by atoms with Crippen molar-refractivity contribution >= 4 is 22.8 Å². The predicted octanol–water partition coefficient (Wildman–Crippen LogP) is 2.90. The first kappa shape index (κ1) is 17.7. The van der Waals surface area contributed by atoms with Crippen LogP contribution in [-0.4, -0.2) is 41.9 Å². The van der Waals surface area contributed by atoms with Crippen molar-refractivity contribution in [2.24, 2.45) is 0 Å². The Balaban J connectivity index is 1.55. The fraction of sp³-hybridized carbons (Fsp3) is 0.0455. The van der Waals surface area contributed by atoms with Gasteiger partial charge in [0.25, 0.3) is 11.8 Å². The summed E-state index contributed by atoms with van der Waals surface area (Å²) >= 11 is 0. The minimum atomic E-state index is -0.692. The van der Waals surface area contributed by atoms with E-state index in [-0.39, 0.29) is 28.7 Å². The zero-order valence-corrected chi connectivity index (χ0v) is 15.5. The molecule has 8 nitrogen and oxygen atoms in total. The van der Waals surface area contributed by atoms with Gasteiger partial charge in [0.05, 0.1) is 6.54 Å². The van der Waals surface area contributed by atoms with Crippen LogP contribution in [0, 0.1) is 0 Å². The number of imide groups is 1. The second kappa shape index (κ2) is 6.63. The van der Waals surface area contributed by atoms with Gasteiger partial charge in [0.2, 0.25) is 0 Å². The molecule has 146 valence electrons. The summed E-state index contributed by atoms with van der Waals surface area (Å²) in [5, 5.41) is 21.1. The summed E-state index contributed by atoms with van der Waals surface area (Å²) in [7, 11) is 0. The average Bonchev–Trinajstić information content (AvgIpc) is 3.03. The molecule has 0 unspecified atom stereocenters. The van der Waals surface area contributed by atoms with Crippen molar-refractivity contribution in [1.82, 2.24) is 19.9 Å². The van der Waals surface area contributed by atoms with Crippen molar-refractivity contribution in [2.75, 3.05) is 0 Å². The second-order valence-corrected chi connectivity index (χ2v) is 6.84. The Morgan fingerprint density at radius 2 is 1.43 bits per heavy atom. The van der Waals surface area contributed by atoms with Crippen molar-refractivity contribution in [3.8, 4) is 22.6 Å². The van der Waals surface area contributed by atoms with Crippen LogP contribution in [0.5, 0.6) is 11.5 Å². The standard InChI is InChI=1S/C22H14N4O4/c27-19-15-16(20(28)18-17(19)24-7-8-25-18)22(30)26(21(15)29)11-12-3-1-4-13(9-12)14-5-2-6-23-10-14/h1-10,27-28H,11H2. The number of fused-ring (bicyclic) bond motifs is 2. The van der Waals surface area contributed by atoms with Crippen LogP contribution in [0.3, 0.4) is 0 Å². The third-order valence-electron chi connectivity index (χ3n) is 5.05. The molecule has 0 saturated heterocycles. The van der Waals surface area contributed by atoms with Crippen molar-refractivity contribution < 1.29 is 19.8 Å². The van der Waals surface area contributed by atoms with Crippen molar-refractivity contribution in [3.05, 3.63) is 77.9 Å². The average molecular weight is 398 g/mol. The molecule has 0 radical (unpaired) electrons. The first-order valence-corrected chi connectivity index (χ1v) is 9.10. The number of pyridine rings is 1. The van der Waals surface area contributed by atoms with Gasteiger partial charge in [0.15, 0.2) is 11.5 Å². The highest BCUT2D eigenvalue weighted by molar-refractivity contribution is 6.26. The Labute approximate surface area is 170 Å². The van der Waals surface area contributed by atoms with E-state index in [1.165, 1.54) is 12.4 Å². The van der Waals surface area contributed by atoms with Gasteiger partial charge in [0.1, 0.15) is 22.2 Å². The maximum atomic E-state index is 13.0. The van der Waals surface area contributed by atoms with E-state index in [1.807, 2.05) is 30.3 Å². The minimum absolute atomic E-state index is 0.0173. The quantitative estimate of drug-likeness (QED) is 0.403. The van der Waals surface area contributed by atoms with Crippen molar-refractivity contribution in [2.45, 2.75) is 6.54 Å². The van der Waals surface area contributed by atoms with Crippen LogP contribution in [0.4, 0.5) is 0 Å². The fourth-order valence-corrected chi connectivity index (χ4v) is 3.65. The smallest absolute Gasteiger partial charge is 0.265 e. The third-order valence-corrected chi connectivity index (χ3v) is 5.05. The molecule has 3 heterocycles. The van der Waals surface area contributed by atoms with E-state index < -0.39 is 23.3 Å². The number of phenolic OH excluding ortho intramolecular Hbond substituents is 2. The Morgan fingerprint density at radius 3 is 2.03 bits per heavy atom. The van der Waals surface area contributed by atoms with Crippen LogP contribution in [0.15, 0.2) is 61.2 Å². The maximum absolute atomic E-state index is 13.0. The highest BCUT2D eigenvalue weighted by Crippen LogP contribution is 2.42. The molecule has 2 aromatic heterocycles. The number of phenols is 2. The van der Waals surface area contributed by atoms with Gasteiger partial charge in [-0.3, -0.25) is 19.5 Å². The van der Waals surface area contributed by atoms with Gasteiger partial charge in [0, 0.05) is 24.8 Å². The van der Waals surface area contributed by atoms with E-state index in [9.17, 15) is 19.8 Å². The Hall–Kier alpha value is -4.33. The first-order valence-electron chi connectivity index (χ1n) is 9.10. The number of aromatic nitrogens is 3. The van der Waals surface area contributed by atoms with Crippen LogP contribution in [0.2, 0.25) is 0 Å². The Kier molecular flexibility index (Phi) is 3.92. The molecule has 0 atom stereocenters. The van der Waals surface area contributed by atoms with E-state index in [4.69, 9.17) is 0 Å². The van der Waals surface area contributed by atoms with E-state index in [0.717, 1.165) is 16.0 Å². The lowest BCUT2D eigenvalue weighted by Crippen LogP contribution is -2.29. The normalized spacial score (nSPS) is 13.1. The molecule has 0 saturated carbocycles. The van der Waals surface area contributed by atoms with Crippen LogP contribution < -0.4 is 0 Å². The van der Waals surface area contributed by atoms with E-state index in [1.54, 1.807) is 18.5 Å². The molecule has 4 aromatic rings. The topological polar surface area (TPSA) is 117 Å². The first-order chi connectivity index (χ1) is 14.6. The van der Waals surface area contributed by atoms with Gasteiger partial charge >= 0.3 is 0 Å². The number of nitrogens with zero attached hydrogens (tertiary/aromatic N) is 4. The second-order valence-electron chi connectivity index (χ2n) is 6.84. The number of benzene rings is 2. The Bertz CT molecular complexity index is 1280. The van der Waals surface area contributed by atoms with Gasteiger partial charge in [-0.1, -0.05) is 24.3 Å². The van der Waals surface area contributed by atoms with Crippen molar-refractivity contribution in [1.29, 1.82) is 0 Å². The van der Waals surface area contributed by atoms with Gasteiger partial charge < -0.3 is 10.2 Å². The number of amides is 2. The summed E-state index contributed by atoms with van der Waals surface area (Å²) in [6, 6.07) is 11.1. The predicted molar refractivity (Wildman–Crippen MR) is 107 cm³/mol. The van der Waals surface area contributed by atoms with Crippen LogP contribution in [-0.2, 0) is 6.54 Å². The minimum Gasteiger partial charge on any atom is -0.505 e. The summed E-state index contributed by atoms with van der Waals surface area (Å²) in [6.45, 7) is -0.0173. The summed E-state index contributed by atoms with van der Waals surface area (Å²) in [5.74, 6) is -2.31. The molecular formula is C22H14N4O4. The number of carbonyl (C=O) groups excluding carboxylic acids is 2. The molecule has 0 fully saturated rings. The maximum Gasteiger partial charge on any atom is 0.265 e. The largest absolute Gasteiger partial charge is 0.505 e. The van der Waals surface area contributed by atoms with Crippen LogP contribution >= 0.6 is 0 Å². The molecular weight excluding hydrogens is 384 g/mol. The lowest BCUT2D eigenvalue weighted by Gasteiger charge is -2.14. The molecule has 1 aliphatic heterocycles. The lowest BCUT2D eigenvalue weighted by molar-refractivity contribution is 0.0641.